The molecule has 9 nitrogen and oxygen atoms in total. The van der Waals surface area contributed by atoms with Crippen LogP contribution in [0.25, 0.3) is 0 Å². The van der Waals surface area contributed by atoms with E-state index in [1.807, 2.05) is 6.92 Å². The van der Waals surface area contributed by atoms with Crippen LogP contribution in [0.15, 0.2) is 67.7 Å². The first-order valence-electron chi connectivity index (χ1n) is 21.9. The zero-order valence-corrected chi connectivity index (χ0v) is 41.9. The van der Waals surface area contributed by atoms with Crippen LogP contribution in [-0.2, 0) is 31.0 Å². The molecule has 5 saturated carbocycles. The molecule has 0 spiro atoms. The Labute approximate surface area is 360 Å². The van der Waals surface area contributed by atoms with E-state index >= 15 is 0 Å². The van der Waals surface area contributed by atoms with Crippen molar-refractivity contribution < 1.29 is 41.9 Å². The fraction of sp³-hybridized carbons (Fsp3) is 0.733. The quantitative estimate of drug-likeness (QED) is 0.0400. The summed E-state index contributed by atoms with van der Waals surface area (Å²) < 4.78 is 45.1. The Hall–Kier alpha value is -0.959. The molecule has 13 heteroatoms. The fourth-order valence-corrected chi connectivity index (χ4v) is 19.5. The van der Waals surface area contributed by atoms with Gasteiger partial charge in [-0.25, -0.2) is 1.37 Å². The Morgan fingerprint density at radius 2 is 0.966 bits per heavy atom. The van der Waals surface area contributed by atoms with Gasteiger partial charge in [-0.3, -0.25) is 0 Å². The Morgan fingerprint density at radius 1 is 0.655 bits per heavy atom. The molecule has 0 aliphatic heterocycles. The summed E-state index contributed by atoms with van der Waals surface area (Å²) in [6, 6.07) is 0. The minimum absolute atomic E-state index is 0.0963. The molecule has 0 heterocycles. The first-order chi connectivity index (χ1) is 28.0. The fourth-order valence-electron chi connectivity index (χ4n) is 12.3. The van der Waals surface area contributed by atoms with Crippen LogP contribution in [0.2, 0.25) is 17.6 Å². The molecule has 5 fully saturated rings. The molecule has 8 aliphatic rings. The van der Waals surface area contributed by atoms with Gasteiger partial charge in [0.05, 0.1) is 6.26 Å². The van der Waals surface area contributed by atoms with Crippen molar-refractivity contribution in [1.82, 2.24) is 0 Å². The molecule has 8 aliphatic carbocycles. The summed E-state index contributed by atoms with van der Waals surface area (Å²) in [6.07, 6.45) is 23.9. The predicted molar refractivity (Wildman–Crippen MR) is 245 cm³/mol. The van der Waals surface area contributed by atoms with Gasteiger partial charge in [-0.1, -0.05) is 90.3 Å². The zero-order chi connectivity index (χ0) is 44.3. The van der Waals surface area contributed by atoms with Gasteiger partial charge in [0.2, 0.25) is 0 Å². The second-order valence-electron chi connectivity index (χ2n) is 17.6. The van der Waals surface area contributed by atoms with Crippen LogP contribution in [0.4, 0.5) is 0 Å². The van der Waals surface area contributed by atoms with Gasteiger partial charge < -0.3 is 56.5 Å². The van der Waals surface area contributed by atoms with Gasteiger partial charge in [0.25, 0.3) is 0 Å². The minimum Gasteiger partial charge on any atom is -0.508 e. The maximum atomic E-state index is 8.67. The van der Waals surface area contributed by atoms with Gasteiger partial charge in [0.15, 0.2) is 0 Å². The first kappa shape index (κ1) is 49.7. The van der Waals surface area contributed by atoms with Gasteiger partial charge in [0.1, 0.15) is 0 Å². The van der Waals surface area contributed by atoms with Gasteiger partial charge in [0, 0.05) is 60.3 Å². The van der Waals surface area contributed by atoms with Crippen molar-refractivity contribution in [1.29, 1.82) is 0 Å². The number of allylic oxidation sites excluding steroid dienone is 7. The number of hydrogen-bond donors (Lipinski definition) is 2. The summed E-state index contributed by atoms with van der Waals surface area (Å²) in [5.74, 6) is 13.0. The molecule has 8 bridgehead atoms. The molecule has 0 aromatic carbocycles. The summed E-state index contributed by atoms with van der Waals surface area (Å²) in [6.45, 7) is 20.4. The van der Waals surface area contributed by atoms with E-state index in [1.165, 1.54) is 32.3 Å². The van der Waals surface area contributed by atoms with E-state index in [0.29, 0.717) is 11.8 Å². The lowest BCUT2D eigenvalue weighted by atomic mass is 9.66. The van der Waals surface area contributed by atoms with Crippen molar-refractivity contribution in [3.8, 4) is 0 Å². The number of fused-ring (bicyclic) bond motifs is 13. The molecule has 17 unspecified atom stereocenters. The lowest BCUT2D eigenvalue weighted by Gasteiger charge is -2.42. The van der Waals surface area contributed by atoms with Crippen LogP contribution in [-0.4, -0.2) is 78.7 Å². The first-order valence-corrected chi connectivity index (χ1v) is 27.9. The van der Waals surface area contributed by atoms with E-state index in [9.17, 15) is 0 Å². The molecule has 0 amide bonds. The maximum Gasteiger partial charge on any atom is 0.556 e. The van der Waals surface area contributed by atoms with Crippen molar-refractivity contribution >= 4 is 35.7 Å². The van der Waals surface area contributed by atoms with Gasteiger partial charge in [-0.2, -0.15) is 0 Å². The topological polar surface area (TPSA) is 105 Å². The highest BCUT2D eigenvalue weighted by Crippen LogP contribution is 2.68. The predicted octanol–water partition coefficient (Wildman–Crippen LogP) is 9.59. The highest BCUT2D eigenvalue weighted by Gasteiger charge is 2.69. The van der Waals surface area contributed by atoms with E-state index in [0.717, 1.165) is 83.9 Å². The largest absolute Gasteiger partial charge is 0.556 e. The maximum absolute atomic E-state index is 8.67. The molecule has 0 aromatic rings. The Balaban J connectivity index is 0.000000212. The van der Waals surface area contributed by atoms with Gasteiger partial charge in [-0.15, -0.1) is 5.73 Å². The molecule has 0 saturated heterocycles. The van der Waals surface area contributed by atoms with Crippen molar-refractivity contribution in [2.75, 3.05) is 42.7 Å². The second-order valence-corrected chi connectivity index (χ2v) is 25.9. The average Bonchev–Trinajstić information content (AvgIpc) is 4.10. The lowest BCUT2D eigenvalue weighted by Crippen LogP contribution is -2.58. The van der Waals surface area contributed by atoms with Crippen LogP contribution < -0.4 is 0 Å². The third-order valence-corrected chi connectivity index (χ3v) is 22.8. The van der Waals surface area contributed by atoms with Crippen LogP contribution >= 0.6 is 9.24 Å². The molecule has 8 rings (SSSR count). The highest BCUT2D eigenvalue weighted by molar-refractivity contribution is 7.17. The van der Waals surface area contributed by atoms with E-state index in [1.54, 1.807) is 55.2 Å². The van der Waals surface area contributed by atoms with E-state index in [-0.39, 0.29) is 11.1 Å². The van der Waals surface area contributed by atoms with Gasteiger partial charge >= 0.3 is 26.4 Å². The second kappa shape index (κ2) is 22.9. The zero-order valence-electron chi connectivity index (χ0n) is 38.7. The lowest BCUT2D eigenvalue weighted by molar-refractivity contribution is 0.0824. The average molecular weight is 881 g/mol. The molecule has 332 valence electrons. The third-order valence-electron chi connectivity index (χ3n) is 15.2. The molecular formula is C45H80O9PSi3-. The SMILES string of the molecule is C=C=C.CC1C(C)C2CC1C1C3C=CC(C3)C21.CC1C2C=CC(C2)C1C.CCC=CO[Si](C)(O)O.CO[Si](OC)(OC)C1C2C=CC(C2)C1[Si](OC)(OC)OC.[2H][CH-]P. The summed E-state index contributed by atoms with van der Waals surface area (Å²) in [7, 11) is 3.13. The van der Waals surface area contributed by atoms with E-state index in [2.05, 4.69) is 96.7 Å². The molecular weight excluding hydrogens is 800 g/mol. The van der Waals surface area contributed by atoms with E-state index in [4.69, 9.17) is 37.5 Å². The van der Waals surface area contributed by atoms with Crippen LogP contribution in [0.1, 0.15) is 68.1 Å². The number of rotatable bonds is 11. The summed E-state index contributed by atoms with van der Waals surface area (Å²) in [5.41, 5.74) is 2.44. The van der Waals surface area contributed by atoms with E-state index < -0.39 is 26.4 Å². The third kappa shape index (κ3) is 10.8. The Bertz CT molecular complexity index is 1330. The molecule has 0 aromatic heterocycles. The Kier molecular flexibility index (Phi) is 19.6. The van der Waals surface area contributed by atoms with Crippen molar-refractivity contribution in [3.63, 3.8) is 0 Å². The Morgan fingerprint density at radius 3 is 1.26 bits per heavy atom. The molecule has 2 N–H and O–H groups in total. The normalized spacial score (nSPS) is 38.9. The molecule has 17 atom stereocenters. The summed E-state index contributed by atoms with van der Waals surface area (Å²) >= 11 is 0. The van der Waals surface area contributed by atoms with Crippen molar-refractivity contribution in [3.05, 3.63) is 74.3 Å². The standard InChI is InChI=1S/C14H20.C13H26O6Si2.C9H14.C5H12O3Si.C3H4.CH4P/c1-7-8(2)12-6-11(7)13-9-3-4-10(5-9)14(12)13;1-14-20(15-2,16-3)12-10-7-8-11(9-10)13(12)21(17-4,18-5)19-6;1-6-7(2)9-4-3-8(6)5-9;1-3-4-5-8-9(2,6)7;1-3-2;1-2/h3-4,7-14H,5-6H2,1-2H3;7-8,10-13H,9H2,1-6H3;3-4,6-9H,5H2,1-2H3;4-7H,3H2,1-2H3;1-2H2;1-2H2/q;;;;;-1/i;;;;;1D. The molecule has 58 heavy (non-hydrogen) atoms. The van der Waals surface area contributed by atoms with Gasteiger partial charge in [-0.05, 0) is 115 Å². The van der Waals surface area contributed by atoms with Crippen molar-refractivity contribution in [2.45, 2.75) is 84.4 Å². The monoisotopic (exact) mass is 880 g/mol. The van der Waals surface area contributed by atoms with Crippen LogP contribution in [0, 0.1) is 89.5 Å². The molecule has 0 radical (unpaired) electrons. The van der Waals surface area contributed by atoms with Crippen molar-refractivity contribution in [2.24, 2.45) is 82.9 Å². The number of hydrogen-bond acceptors (Lipinski definition) is 9. The smallest absolute Gasteiger partial charge is 0.508 e. The highest BCUT2D eigenvalue weighted by atomic mass is 31.0. The van der Waals surface area contributed by atoms with Crippen LogP contribution in [0.3, 0.4) is 0 Å². The van der Waals surface area contributed by atoms with Crippen LogP contribution in [0.5, 0.6) is 0 Å². The summed E-state index contributed by atoms with van der Waals surface area (Å²) in [4.78, 5) is 17.3. The minimum atomic E-state index is -3.28. The summed E-state index contributed by atoms with van der Waals surface area (Å²) in [5, 5.41) is 0.